The molecule has 0 radical (unpaired) electrons. The van der Waals surface area contributed by atoms with Crippen molar-refractivity contribution in [3.05, 3.63) is 34.3 Å². The molecular weight excluding hydrogens is 286 g/mol. The molecule has 0 heterocycles. The van der Waals surface area contributed by atoms with Crippen LogP contribution in [0.25, 0.3) is 0 Å². The molecule has 0 aliphatic heterocycles. The zero-order valence-corrected chi connectivity index (χ0v) is 13.6. The summed E-state index contributed by atoms with van der Waals surface area (Å²) in [6.45, 7) is 10.2. The van der Waals surface area contributed by atoms with Crippen molar-refractivity contribution < 1.29 is 0 Å². The van der Waals surface area contributed by atoms with Crippen LogP contribution in [0.5, 0.6) is 0 Å². The van der Waals surface area contributed by atoms with Crippen molar-refractivity contribution in [1.82, 2.24) is 5.32 Å². The molecule has 0 saturated heterocycles. The molecule has 1 aromatic carbocycles. The van der Waals surface area contributed by atoms with Crippen LogP contribution in [0.4, 0.5) is 0 Å². The lowest BCUT2D eigenvalue weighted by Gasteiger charge is -2.21. The van der Waals surface area contributed by atoms with E-state index in [0.717, 1.165) is 18.9 Å². The molecule has 1 aromatic rings. The highest BCUT2D eigenvalue weighted by Crippen LogP contribution is 2.22. The molecule has 1 N–H and O–H groups in total. The number of benzene rings is 1. The fourth-order valence-electron chi connectivity index (χ4n) is 2.28. The van der Waals surface area contributed by atoms with Crippen molar-refractivity contribution in [2.75, 3.05) is 6.54 Å². The molecule has 0 bridgehead atoms. The minimum Gasteiger partial charge on any atom is -0.314 e. The molecule has 1 atom stereocenters. The summed E-state index contributed by atoms with van der Waals surface area (Å²) in [7, 11) is 0. The Morgan fingerprint density at radius 2 is 1.78 bits per heavy atom. The second kappa shape index (κ2) is 7.96. The van der Waals surface area contributed by atoms with Crippen LogP contribution < -0.4 is 5.32 Å². The van der Waals surface area contributed by atoms with Crippen molar-refractivity contribution in [1.29, 1.82) is 0 Å². The largest absolute Gasteiger partial charge is 0.314 e. The van der Waals surface area contributed by atoms with Gasteiger partial charge in [-0.1, -0.05) is 61.8 Å². The van der Waals surface area contributed by atoms with Crippen LogP contribution in [0.2, 0.25) is 0 Å². The molecule has 0 aliphatic rings. The molecule has 1 nitrogen and oxygen atoms in total. The van der Waals surface area contributed by atoms with Gasteiger partial charge in [0.1, 0.15) is 0 Å². The Kier molecular flexibility index (Phi) is 6.95. The van der Waals surface area contributed by atoms with Gasteiger partial charge in [-0.3, -0.25) is 0 Å². The van der Waals surface area contributed by atoms with Gasteiger partial charge in [-0.2, -0.15) is 0 Å². The van der Waals surface area contributed by atoms with E-state index in [9.17, 15) is 0 Å². The monoisotopic (exact) mass is 311 g/mol. The summed E-state index contributed by atoms with van der Waals surface area (Å²) >= 11 is 3.65. The Labute approximate surface area is 120 Å². The number of hydrogen-bond acceptors (Lipinski definition) is 1. The van der Waals surface area contributed by atoms with Crippen LogP contribution in [-0.2, 0) is 6.42 Å². The highest BCUT2D eigenvalue weighted by molar-refractivity contribution is 9.10. The predicted molar refractivity (Wildman–Crippen MR) is 83.9 cm³/mol. The fourth-order valence-corrected chi connectivity index (χ4v) is 2.73. The van der Waals surface area contributed by atoms with Crippen molar-refractivity contribution >= 4 is 15.9 Å². The minimum atomic E-state index is 0.568. The molecule has 0 amide bonds. The van der Waals surface area contributed by atoms with Gasteiger partial charge in [0.15, 0.2) is 0 Å². The summed E-state index contributed by atoms with van der Waals surface area (Å²) in [5, 5.41) is 3.58. The van der Waals surface area contributed by atoms with Gasteiger partial charge < -0.3 is 5.32 Å². The van der Waals surface area contributed by atoms with E-state index < -0.39 is 0 Å². The molecule has 1 unspecified atom stereocenters. The molecule has 0 saturated carbocycles. The van der Waals surface area contributed by atoms with Crippen LogP contribution in [0.3, 0.4) is 0 Å². The quantitative estimate of drug-likeness (QED) is 0.772. The van der Waals surface area contributed by atoms with E-state index in [-0.39, 0.29) is 0 Å². The molecule has 0 aliphatic carbocycles. The van der Waals surface area contributed by atoms with E-state index in [1.54, 1.807) is 0 Å². The van der Waals surface area contributed by atoms with Gasteiger partial charge in [0.05, 0.1) is 0 Å². The van der Waals surface area contributed by atoms with E-state index in [4.69, 9.17) is 0 Å². The van der Waals surface area contributed by atoms with E-state index >= 15 is 0 Å². The normalized spacial score (nSPS) is 13.3. The van der Waals surface area contributed by atoms with Gasteiger partial charge in [-0.15, -0.1) is 0 Å². The Balaban J connectivity index is 2.62. The SMILES string of the molecule is CC(C)CC(CNC(C)C)Cc1ccccc1Br. The first kappa shape index (κ1) is 15.7. The number of nitrogens with one attached hydrogen (secondary N) is 1. The summed E-state index contributed by atoms with van der Waals surface area (Å²) in [5.74, 6) is 1.47. The Hall–Kier alpha value is -0.340. The van der Waals surface area contributed by atoms with E-state index in [0.29, 0.717) is 12.0 Å². The lowest BCUT2D eigenvalue weighted by atomic mass is 9.90. The van der Waals surface area contributed by atoms with Crippen LogP contribution >= 0.6 is 15.9 Å². The minimum absolute atomic E-state index is 0.568. The van der Waals surface area contributed by atoms with Crippen molar-refractivity contribution in [3.8, 4) is 0 Å². The third kappa shape index (κ3) is 6.01. The summed E-state index contributed by atoms with van der Waals surface area (Å²) in [6, 6.07) is 9.14. The molecule has 0 aromatic heterocycles. The molecule has 2 heteroatoms. The van der Waals surface area contributed by atoms with Gasteiger partial charge in [-0.25, -0.2) is 0 Å². The first-order valence-electron chi connectivity index (χ1n) is 6.95. The third-order valence-corrected chi connectivity index (χ3v) is 3.86. The lowest BCUT2D eigenvalue weighted by Crippen LogP contribution is -2.30. The molecule has 0 spiro atoms. The lowest BCUT2D eigenvalue weighted by molar-refractivity contribution is 0.372. The van der Waals surface area contributed by atoms with Gasteiger partial charge in [0.2, 0.25) is 0 Å². The maximum absolute atomic E-state index is 3.65. The van der Waals surface area contributed by atoms with Crippen LogP contribution in [0.1, 0.15) is 39.7 Å². The van der Waals surface area contributed by atoms with Gasteiger partial charge >= 0.3 is 0 Å². The predicted octanol–water partition coefficient (Wildman–Crippen LogP) is 4.65. The Morgan fingerprint density at radius 3 is 2.33 bits per heavy atom. The molecule has 0 fully saturated rings. The van der Waals surface area contributed by atoms with E-state index in [1.807, 2.05) is 0 Å². The second-order valence-corrected chi connectivity index (χ2v) is 6.71. The second-order valence-electron chi connectivity index (χ2n) is 5.85. The number of halogens is 1. The standard InChI is InChI=1S/C16H26BrN/c1-12(2)9-14(11-18-13(3)4)10-15-7-5-6-8-16(15)17/h5-8,12-14,18H,9-11H2,1-4H3. The smallest absolute Gasteiger partial charge is 0.0207 e. The summed E-state index contributed by atoms with van der Waals surface area (Å²) in [6.07, 6.45) is 2.43. The van der Waals surface area contributed by atoms with Crippen LogP contribution in [-0.4, -0.2) is 12.6 Å². The number of rotatable bonds is 7. The third-order valence-electron chi connectivity index (χ3n) is 3.09. The average molecular weight is 312 g/mol. The Morgan fingerprint density at radius 1 is 1.11 bits per heavy atom. The van der Waals surface area contributed by atoms with Crippen molar-refractivity contribution in [3.63, 3.8) is 0 Å². The molecule has 102 valence electrons. The Bertz CT molecular complexity index is 347. The molecule has 18 heavy (non-hydrogen) atoms. The van der Waals surface area contributed by atoms with Crippen molar-refractivity contribution in [2.45, 2.75) is 46.6 Å². The zero-order chi connectivity index (χ0) is 13.5. The van der Waals surface area contributed by atoms with Gasteiger partial charge in [0.25, 0.3) is 0 Å². The van der Waals surface area contributed by atoms with Crippen molar-refractivity contribution in [2.24, 2.45) is 11.8 Å². The first-order valence-corrected chi connectivity index (χ1v) is 7.75. The maximum Gasteiger partial charge on any atom is 0.0207 e. The van der Waals surface area contributed by atoms with E-state index in [2.05, 4.69) is 73.2 Å². The highest BCUT2D eigenvalue weighted by Gasteiger charge is 2.13. The highest BCUT2D eigenvalue weighted by atomic mass is 79.9. The molecular formula is C16H26BrN. The summed E-state index contributed by atoms with van der Waals surface area (Å²) < 4.78 is 1.24. The first-order chi connectivity index (χ1) is 8.49. The average Bonchev–Trinajstić information content (AvgIpc) is 2.28. The van der Waals surface area contributed by atoms with E-state index in [1.165, 1.54) is 16.5 Å². The van der Waals surface area contributed by atoms with Gasteiger partial charge in [0, 0.05) is 10.5 Å². The maximum atomic E-state index is 3.65. The fraction of sp³-hybridized carbons (Fsp3) is 0.625. The van der Waals surface area contributed by atoms with Gasteiger partial charge in [-0.05, 0) is 42.9 Å². The summed E-state index contributed by atoms with van der Waals surface area (Å²) in [4.78, 5) is 0. The summed E-state index contributed by atoms with van der Waals surface area (Å²) in [5.41, 5.74) is 1.42. The number of hydrogen-bond donors (Lipinski definition) is 1. The van der Waals surface area contributed by atoms with Crippen LogP contribution in [0, 0.1) is 11.8 Å². The zero-order valence-electron chi connectivity index (χ0n) is 12.0. The molecule has 1 rings (SSSR count). The topological polar surface area (TPSA) is 12.0 Å². The van der Waals surface area contributed by atoms with Crippen LogP contribution in [0.15, 0.2) is 28.7 Å².